The van der Waals surface area contributed by atoms with Crippen molar-refractivity contribution in [1.82, 2.24) is 9.88 Å². The first-order chi connectivity index (χ1) is 9.95. The predicted octanol–water partition coefficient (Wildman–Crippen LogP) is 2.07. The smallest absolute Gasteiger partial charge is 0.276 e. The first kappa shape index (κ1) is 16.0. The second kappa shape index (κ2) is 6.58. The van der Waals surface area contributed by atoms with Crippen LogP contribution in [-0.4, -0.2) is 55.3 Å². The number of aromatic nitrogens is 1. The highest BCUT2D eigenvalue weighted by Gasteiger charge is 2.31. The molecule has 1 fully saturated rings. The summed E-state index contributed by atoms with van der Waals surface area (Å²) in [6, 6.07) is 0. The molecule has 2 rings (SSSR count). The van der Waals surface area contributed by atoms with Crippen molar-refractivity contribution in [3.05, 3.63) is 17.8 Å². The molecule has 6 nitrogen and oxygen atoms in total. The minimum atomic E-state index is -0.399. The molecular formula is C15H24N2O4. The van der Waals surface area contributed by atoms with Crippen LogP contribution in [-0.2, 0) is 9.47 Å². The van der Waals surface area contributed by atoms with E-state index in [0.717, 1.165) is 26.1 Å². The summed E-state index contributed by atoms with van der Waals surface area (Å²) < 4.78 is 16.0. The molecule has 1 saturated heterocycles. The minimum Gasteiger partial charge on any atom is -0.448 e. The quantitative estimate of drug-likeness (QED) is 0.832. The van der Waals surface area contributed by atoms with Crippen LogP contribution in [0, 0.1) is 0 Å². The van der Waals surface area contributed by atoms with Crippen molar-refractivity contribution in [1.29, 1.82) is 0 Å². The van der Waals surface area contributed by atoms with E-state index < -0.39 is 5.54 Å². The third-order valence-electron chi connectivity index (χ3n) is 4.02. The topological polar surface area (TPSA) is 64.8 Å². The van der Waals surface area contributed by atoms with Crippen LogP contribution in [0.4, 0.5) is 0 Å². The van der Waals surface area contributed by atoms with Gasteiger partial charge in [-0.1, -0.05) is 0 Å². The van der Waals surface area contributed by atoms with Gasteiger partial charge in [-0.25, -0.2) is 4.98 Å². The van der Waals surface area contributed by atoms with Gasteiger partial charge in [-0.3, -0.25) is 4.79 Å². The maximum absolute atomic E-state index is 12.5. The molecule has 21 heavy (non-hydrogen) atoms. The van der Waals surface area contributed by atoms with Crippen molar-refractivity contribution in [2.75, 3.05) is 34.0 Å². The van der Waals surface area contributed by atoms with E-state index in [-0.39, 0.29) is 11.8 Å². The summed E-state index contributed by atoms with van der Waals surface area (Å²) in [6.07, 6.45) is 3.23. The fraction of sp³-hybridized carbons (Fsp3) is 0.733. The molecule has 118 valence electrons. The van der Waals surface area contributed by atoms with Crippen molar-refractivity contribution in [3.8, 4) is 0 Å². The van der Waals surface area contributed by atoms with Gasteiger partial charge in [0.2, 0.25) is 0 Å². The van der Waals surface area contributed by atoms with E-state index in [2.05, 4.69) is 4.98 Å². The Labute approximate surface area is 125 Å². The van der Waals surface area contributed by atoms with Gasteiger partial charge in [0.1, 0.15) is 6.26 Å². The lowest BCUT2D eigenvalue weighted by Gasteiger charge is -2.34. The first-order valence-electron chi connectivity index (χ1n) is 7.26. The van der Waals surface area contributed by atoms with Crippen molar-refractivity contribution >= 4 is 5.91 Å². The van der Waals surface area contributed by atoms with E-state index in [1.165, 1.54) is 6.26 Å². The summed E-state index contributed by atoms with van der Waals surface area (Å²) in [5.74, 6) is 0.733. The molecule has 2 heterocycles. The maximum Gasteiger partial charge on any atom is 0.276 e. The van der Waals surface area contributed by atoms with Gasteiger partial charge in [-0.05, 0) is 26.7 Å². The highest BCUT2D eigenvalue weighted by Crippen LogP contribution is 2.26. The number of nitrogens with zero attached hydrogens (tertiary/aromatic N) is 2. The summed E-state index contributed by atoms with van der Waals surface area (Å²) >= 11 is 0. The number of methoxy groups -OCH3 is 1. The van der Waals surface area contributed by atoms with Gasteiger partial charge < -0.3 is 18.8 Å². The standard InChI is InChI=1S/C15H24N2O4/c1-15(2,10-19-4)17(3)14(18)12-9-21-13(16-12)11-5-7-20-8-6-11/h9,11H,5-8,10H2,1-4H3. The molecule has 1 aromatic rings. The van der Waals surface area contributed by atoms with Crippen LogP contribution in [0.2, 0.25) is 0 Å². The first-order valence-corrected chi connectivity index (χ1v) is 7.26. The minimum absolute atomic E-state index is 0.154. The Bertz CT molecular complexity index is 478. The third-order valence-corrected chi connectivity index (χ3v) is 4.02. The molecule has 0 bridgehead atoms. The van der Waals surface area contributed by atoms with E-state index in [9.17, 15) is 4.79 Å². The summed E-state index contributed by atoms with van der Waals surface area (Å²) in [7, 11) is 3.38. The Balaban J connectivity index is 2.07. The molecule has 1 aromatic heterocycles. The summed E-state index contributed by atoms with van der Waals surface area (Å²) in [5.41, 5.74) is -0.0490. The number of hydrogen-bond acceptors (Lipinski definition) is 5. The second-order valence-electron chi connectivity index (χ2n) is 6.07. The van der Waals surface area contributed by atoms with E-state index in [4.69, 9.17) is 13.9 Å². The van der Waals surface area contributed by atoms with E-state index in [1.54, 1.807) is 19.1 Å². The fourth-order valence-electron chi connectivity index (χ4n) is 2.41. The number of carbonyl (C=O) groups excluding carboxylic acids is 1. The van der Waals surface area contributed by atoms with Gasteiger partial charge in [0, 0.05) is 33.3 Å². The molecule has 0 aliphatic carbocycles. The summed E-state index contributed by atoms with van der Waals surface area (Å²) in [6.45, 7) is 5.80. The van der Waals surface area contributed by atoms with Gasteiger partial charge in [0.15, 0.2) is 11.6 Å². The van der Waals surface area contributed by atoms with Crippen LogP contribution in [0.5, 0.6) is 0 Å². The fourth-order valence-corrected chi connectivity index (χ4v) is 2.41. The van der Waals surface area contributed by atoms with Gasteiger partial charge in [0.05, 0.1) is 12.1 Å². The third kappa shape index (κ3) is 3.63. The Hall–Kier alpha value is -1.40. The van der Waals surface area contributed by atoms with Crippen molar-refractivity contribution in [3.63, 3.8) is 0 Å². The summed E-state index contributed by atoms with van der Waals surface area (Å²) in [4.78, 5) is 18.5. The SMILES string of the molecule is COCC(C)(C)N(C)C(=O)c1coc(C2CCOCC2)n1. The lowest BCUT2D eigenvalue weighted by atomic mass is 10.0. The molecule has 1 aliphatic heterocycles. The lowest BCUT2D eigenvalue weighted by molar-refractivity contribution is 0.0361. The van der Waals surface area contributed by atoms with Crippen molar-refractivity contribution < 1.29 is 18.7 Å². The average Bonchev–Trinajstić information content (AvgIpc) is 2.96. The monoisotopic (exact) mass is 296 g/mol. The van der Waals surface area contributed by atoms with Gasteiger partial charge in [-0.2, -0.15) is 0 Å². The maximum atomic E-state index is 12.5. The van der Waals surface area contributed by atoms with Gasteiger partial charge in [0.25, 0.3) is 5.91 Å². The van der Waals surface area contributed by atoms with Gasteiger partial charge in [-0.15, -0.1) is 0 Å². The Kier molecular flexibility index (Phi) is 5.00. The second-order valence-corrected chi connectivity index (χ2v) is 6.07. The van der Waals surface area contributed by atoms with Gasteiger partial charge >= 0.3 is 0 Å². The number of rotatable bonds is 5. The van der Waals surface area contributed by atoms with Crippen LogP contribution in [0.3, 0.4) is 0 Å². The zero-order chi connectivity index (χ0) is 15.5. The molecule has 0 aromatic carbocycles. The number of likely N-dealkylation sites (N-methyl/N-ethyl adjacent to an activating group) is 1. The summed E-state index contributed by atoms with van der Waals surface area (Å²) in [5, 5.41) is 0. The average molecular weight is 296 g/mol. The van der Waals surface area contributed by atoms with Crippen LogP contribution in [0.25, 0.3) is 0 Å². The van der Waals surface area contributed by atoms with Crippen LogP contribution < -0.4 is 0 Å². The number of ether oxygens (including phenoxy) is 2. The van der Waals surface area contributed by atoms with E-state index >= 15 is 0 Å². The number of hydrogen-bond donors (Lipinski definition) is 0. The highest BCUT2D eigenvalue weighted by atomic mass is 16.5. The molecule has 0 spiro atoms. The number of amides is 1. The lowest BCUT2D eigenvalue weighted by Crippen LogP contribution is -2.48. The number of oxazole rings is 1. The van der Waals surface area contributed by atoms with Crippen LogP contribution in [0.1, 0.15) is 49.0 Å². The Morgan fingerprint density at radius 2 is 2.14 bits per heavy atom. The zero-order valence-corrected chi connectivity index (χ0v) is 13.2. The molecule has 0 unspecified atom stereocenters. The molecule has 6 heteroatoms. The zero-order valence-electron chi connectivity index (χ0n) is 13.2. The number of carbonyl (C=O) groups is 1. The Morgan fingerprint density at radius 3 is 2.76 bits per heavy atom. The normalized spacial score (nSPS) is 17.0. The van der Waals surface area contributed by atoms with E-state index in [1.807, 2.05) is 13.8 Å². The molecule has 1 aliphatic rings. The Morgan fingerprint density at radius 1 is 1.48 bits per heavy atom. The molecule has 0 atom stereocenters. The molecule has 1 amide bonds. The largest absolute Gasteiger partial charge is 0.448 e. The molecule has 0 N–H and O–H groups in total. The van der Waals surface area contributed by atoms with Crippen molar-refractivity contribution in [2.45, 2.75) is 38.1 Å². The predicted molar refractivity (Wildman–Crippen MR) is 77.3 cm³/mol. The molecule has 0 saturated carbocycles. The molecule has 0 radical (unpaired) electrons. The molecular weight excluding hydrogens is 272 g/mol. The van der Waals surface area contributed by atoms with Crippen LogP contribution >= 0.6 is 0 Å². The highest BCUT2D eigenvalue weighted by molar-refractivity contribution is 5.92. The van der Waals surface area contributed by atoms with E-state index in [0.29, 0.717) is 18.2 Å². The van der Waals surface area contributed by atoms with Crippen LogP contribution in [0.15, 0.2) is 10.7 Å². The van der Waals surface area contributed by atoms with Crippen molar-refractivity contribution in [2.24, 2.45) is 0 Å².